The third-order valence-electron chi connectivity index (χ3n) is 3.00. The largest absolute Gasteiger partial charge is 0.497 e. The fourth-order valence-electron chi connectivity index (χ4n) is 2.06. The Labute approximate surface area is 110 Å². The second-order valence-corrected chi connectivity index (χ2v) is 4.08. The number of rotatable bonds is 2. The van der Waals surface area contributed by atoms with E-state index in [-0.39, 0.29) is 0 Å². The number of benzene rings is 1. The monoisotopic (exact) mass is 249 g/mol. The Morgan fingerprint density at radius 2 is 1.95 bits per heavy atom. The maximum absolute atomic E-state index is 9.13. The minimum Gasteiger partial charge on any atom is -0.497 e. The highest BCUT2D eigenvalue weighted by atomic mass is 16.5. The number of nitrogens with zero attached hydrogens (tertiary/aromatic N) is 3. The van der Waals surface area contributed by atoms with Gasteiger partial charge in [0.1, 0.15) is 17.6 Å². The Bertz CT molecular complexity index is 766. The van der Waals surface area contributed by atoms with Gasteiger partial charge in [-0.3, -0.25) is 4.40 Å². The molecule has 0 radical (unpaired) electrons. The van der Waals surface area contributed by atoms with Gasteiger partial charge in [0, 0.05) is 11.8 Å². The number of imidazole rings is 1. The third kappa shape index (κ3) is 1.81. The first kappa shape index (κ1) is 11.3. The number of ether oxygens (including phenoxy) is 1. The van der Waals surface area contributed by atoms with E-state index in [1.165, 1.54) is 0 Å². The Kier molecular flexibility index (Phi) is 2.66. The van der Waals surface area contributed by atoms with E-state index in [0.29, 0.717) is 5.69 Å². The summed E-state index contributed by atoms with van der Waals surface area (Å²) in [5, 5.41) is 9.13. The molecule has 0 unspecified atom stereocenters. The van der Waals surface area contributed by atoms with Crippen LogP contribution in [-0.4, -0.2) is 16.5 Å². The molecule has 92 valence electrons. The van der Waals surface area contributed by atoms with Gasteiger partial charge in [0.2, 0.25) is 0 Å². The minimum atomic E-state index is 0.436. The second kappa shape index (κ2) is 4.46. The molecule has 0 saturated heterocycles. The van der Waals surface area contributed by atoms with Crippen molar-refractivity contribution in [3.63, 3.8) is 0 Å². The maximum atomic E-state index is 9.13. The molecule has 0 saturated carbocycles. The summed E-state index contributed by atoms with van der Waals surface area (Å²) in [4.78, 5) is 4.39. The standard InChI is InChI=1S/C15H11N3O/c1-19-12-7-5-11(6-8-12)15-17-13(10-16)14-4-2-3-9-18(14)15/h2-9H,1H3. The maximum Gasteiger partial charge on any atom is 0.166 e. The molecule has 0 spiro atoms. The lowest BCUT2D eigenvalue weighted by Crippen LogP contribution is -1.89. The molecule has 0 aliphatic heterocycles. The number of fused-ring (bicyclic) bond motifs is 1. The number of nitriles is 1. The average molecular weight is 249 g/mol. The van der Waals surface area contributed by atoms with Crippen molar-refractivity contribution < 1.29 is 4.74 Å². The van der Waals surface area contributed by atoms with Gasteiger partial charge < -0.3 is 4.74 Å². The summed E-state index contributed by atoms with van der Waals surface area (Å²) in [7, 11) is 1.63. The van der Waals surface area contributed by atoms with E-state index >= 15 is 0 Å². The molecule has 3 aromatic rings. The lowest BCUT2D eigenvalue weighted by Gasteiger charge is -2.02. The van der Waals surface area contributed by atoms with E-state index in [4.69, 9.17) is 10.00 Å². The zero-order valence-electron chi connectivity index (χ0n) is 10.4. The fraction of sp³-hybridized carbons (Fsp3) is 0.0667. The van der Waals surface area contributed by atoms with Gasteiger partial charge in [0.15, 0.2) is 5.69 Å². The number of hydrogen-bond acceptors (Lipinski definition) is 3. The van der Waals surface area contributed by atoms with Crippen molar-refractivity contribution in [1.82, 2.24) is 9.38 Å². The number of pyridine rings is 1. The molecule has 19 heavy (non-hydrogen) atoms. The molecular formula is C15H11N3O. The Morgan fingerprint density at radius 1 is 1.16 bits per heavy atom. The van der Waals surface area contributed by atoms with Crippen LogP contribution in [0.25, 0.3) is 16.9 Å². The molecule has 3 rings (SSSR count). The highest BCUT2D eigenvalue weighted by Gasteiger charge is 2.11. The van der Waals surface area contributed by atoms with Crippen LogP contribution in [0.2, 0.25) is 0 Å². The van der Waals surface area contributed by atoms with Crippen LogP contribution in [-0.2, 0) is 0 Å². The van der Waals surface area contributed by atoms with Gasteiger partial charge in [0.05, 0.1) is 12.6 Å². The van der Waals surface area contributed by atoms with Crippen LogP contribution < -0.4 is 4.74 Å². The topological polar surface area (TPSA) is 50.3 Å². The van der Waals surface area contributed by atoms with Gasteiger partial charge in [0.25, 0.3) is 0 Å². The molecule has 0 aliphatic carbocycles. The van der Waals surface area contributed by atoms with E-state index < -0.39 is 0 Å². The van der Waals surface area contributed by atoms with Crippen molar-refractivity contribution in [3.05, 3.63) is 54.4 Å². The number of methoxy groups -OCH3 is 1. The first-order valence-corrected chi connectivity index (χ1v) is 5.85. The van der Waals surface area contributed by atoms with Gasteiger partial charge in [-0.25, -0.2) is 4.98 Å². The summed E-state index contributed by atoms with van der Waals surface area (Å²) in [6.45, 7) is 0. The van der Waals surface area contributed by atoms with Crippen LogP contribution in [0.15, 0.2) is 48.7 Å². The van der Waals surface area contributed by atoms with E-state index in [1.54, 1.807) is 7.11 Å². The molecule has 1 aromatic carbocycles. The van der Waals surface area contributed by atoms with Crippen molar-refractivity contribution in [1.29, 1.82) is 5.26 Å². The normalized spacial score (nSPS) is 10.3. The van der Waals surface area contributed by atoms with Crippen LogP contribution >= 0.6 is 0 Å². The van der Waals surface area contributed by atoms with Gasteiger partial charge in [-0.1, -0.05) is 6.07 Å². The summed E-state index contributed by atoms with van der Waals surface area (Å²) in [5.41, 5.74) is 2.20. The van der Waals surface area contributed by atoms with Gasteiger partial charge in [-0.05, 0) is 36.4 Å². The predicted octanol–water partition coefficient (Wildman–Crippen LogP) is 2.88. The molecule has 0 aliphatic rings. The summed E-state index contributed by atoms with van der Waals surface area (Å²) in [6, 6.07) is 15.5. The van der Waals surface area contributed by atoms with Crippen molar-refractivity contribution in [2.24, 2.45) is 0 Å². The SMILES string of the molecule is COc1ccc(-c2nc(C#N)c3ccccn23)cc1. The summed E-state index contributed by atoms with van der Waals surface area (Å²) < 4.78 is 7.06. The Morgan fingerprint density at radius 3 is 2.63 bits per heavy atom. The summed E-state index contributed by atoms with van der Waals surface area (Å²) in [6.07, 6.45) is 1.91. The molecule has 2 aromatic heterocycles. The lowest BCUT2D eigenvalue weighted by molar-refractivity contribution is 0.415. The first-order chi connectivity index (χ1) is 9.33. The van der Waals surface area contributed by atoms with Gasteiger partial charge in [-0.15, -0.1) is 0 Å². The van der Waals surface area contributed by atoms with Crippen LogP contribution in [0.1, 0.15) is 5.69 Å². The second-order valence-electron chi connectivity index (χ2n) is 4.08. The predicted molar refractivity (Wildman–Crippen MR) is 71.9 cm³/mol. The molecule has 0 N–H and O–H groups in total. The zero-order chi connectivity index (χ0) is 13.2. The molecule has 0 fully saturated rings. The lowest BCUT2D eigenvalue weighted by atomic mass is 10.2. The van der Waals surface area contributed by atoms with Crippen molar-refractivity contribution in [3.8, 4) is 23.2 Å². The molecular weight excluding hydrogens is 238 g/mol. The summed E-state index contributed by atoms with van der Waals surface area (Å²) in [5.74, 6) is 1.56. The van der Waals surface area contributed by atoms with Crippen molar-refractivity contribution in [2.45, 2.75) is 0 Å². The molecule has 4 heteroatoms. The zero-order valence-corrected chi connectivity index (χ0v) is 10.4. The van der Waals surface area contributed by atoms with Gasteiger partial charge in [-0.2, -0.15) is 5.26 Å². The minimum absolute atomic E-state index is 0.436. The van der Waals surface area contributed by atoms with Crippen molar-refractivity contribution >= 4 is 5.52 Å². The van der Waals surface area contributed by atoms with Gasteiger partial charge >= 0.3 is 0 Å². The summed E-state index contributed by atoms with van der Waals surface area (Å²) >= 11 is 0. The first-order valence-electron chi connectivity index (χ1n) is 5.85. The molecule has 0 atom stereocenters. The molecule has 0 amide bonds. The Hall–Kier alpha value is -2.80. The van der Waals surface area contributed by atoms with E-state index in [0.717, 1.165) is 22.7 Å². The Balaban J connectivity index is 2.22. The highest BCUT2D eigenvalue weighted by molar-refractivity contribution is 5.68. The number of hydrogen-bond donors (Lipinski definition) is 0. The fourth-order valence-corrected chi connectivity index (χ4v) is 2.06. The van der Waals surface area contributed by atoms with Crippen LogP contribution in [0.3, 0.4) is 0 Å². The van der Waals surface area contributed by atoms with E-state index in [2.05, 4.69) is 11.1 Å². The third-order valence-corrected chi connectivity index (χ3v) is 3.00. The van der Waals surface area contributed by atoms with Crippen LogP contribution in [0.5, 0.6) is 5.75 Å². The van der Waals surface area contributed by atoms with E-state index in [1.807, 2.05) is 53.1 Å². The van der Waals surface area contributed by atoms with E-state index in [9.17, 15) is 0 Å². The van der Waals surface area contributed by atoms with Crippen LogP contribution in [0.4, 0.5) is 0 Å². The highest BCUT2D eigenvalue weighted by Crippen LogP contribution is 2.24. The quantitative estimate of drug-likeness (QED) is 0.701. The van der Waals surface area contributed by atoms with Crippen molar-refractivity contribution in [2.75, 3.05) is 7.11 Å². The molecule has 0 bridgehead atoms. The molecule has 4 nitrogen and oxygen atoms in total. The smallest absolute Gasteiger partial charge is 0.166 e. The number of aromatic nitrogens is 2. The average Bonchev–Trinajstić information content (AvgIpc) is 2.86. The molecule has 2 heterocycles. The van der Waals surface area contributed by atoms with Crippen LogP contribution in [0, 0.1) is 11.3 Å².